The van der Waals surface area contributed by atoms with Gasteiger partial charge in [-0.25, -0.2) is 0 Å². The highest BCUT2D eigenvalue weighted by atomic mass is 79.9. The Kier molecular flexibility index (Phi) is 6.36. The van der Waals surface area contributed by atoms with Crippen LogP contribution >= 0.6 is 15.9 Å². The van der Waals surface area contributed by atoms with Crippen LogP contribution in [0.2, 0.25) is 0 Å². The van der Waals surface area contributed by atoms with E-state index in [0.717, 1.165) is 17.3 Å². The van der Waals surface area contributed by atoms with E-state index in [0.29, 0.717) is 5.75 Å². The molecule has 1 aliphatic rings. The Morgan fingerprint density at radius 2 is 1.81 bits per heavy atom. The molecule has 0 bridgehead atoms. The number of amides is 1. The van der Waals surface area contributed by atoms with Crippen molar-refractivity contribution in [1.29, 1.82) is 0 Å². The standard InChI is InChI=1S/C22H26BrNO2/c1-3-21(18-9-8-16-6-4-5-7-17(16)14-18)24-22(25)15(2)26-20-12-10-19(23)11-13-20/h8-15,21H,3-7H2,1-2H3,(H,24,25)/t15-,21+/m0/s1. The third-order valence-corrected chi connectivity index (χ3v) is 5.52. The van der Waals surface area contributed by atoms with Crippen LogP contribution in [0.3, 0.4) is 0 Å². The Morgan fingerprint density at radius 1 is 1.12 bits per heavy atom. The molecule has 2 aromatic rings. The van der Waals surface area contributed by atoms with E-state index < -0.39 is 6.10 Å². The third kappa shape index (κ3) is 4.67. The summed E-state index contributed by atoms with van der Waals surface area (Å²) in [4.78, 5) is 12.6. The molecule has 26 heavy (non-hydrogen) atoms. The monoisotopic (exact) mass is 415 g/mol. The van der Waals surface area contributed by atoms with Gasteiger partial charge < -0.3 is 10.1 Å². The van der Waals surface area contributed by atoms with Crippen LogP contribution in [0.1, 0.15) is 55.8 Å². The molecule has 0 aromatic heterocycles. The third-order valence-electron chi connectivity index (χ3n) is 5.00. The highest BCUT2D eigenvalue weighted by molar-refractivity contribution is 9.10. The normalized spacial score (nSPS) is 15.7. The molecule has 138 valence electrons. The lowest BCUT2D eigenvalue weighted by Crippen LogP contribution is -2.38. The molecule has 1 amide bonds. The zero-order valence-corrected chi connectivity index (χ0v) is 17.0. The molecule has 0 saturated carbocycles. The summed E-state index contributed by atoms with van der Waals surface area (Å²) in [7, 11) is 0. The fraction of sp³-hybridized carbons (Fsp3) is 0.409. The lowest BCUT2D eigenvalue weighted by atomic mass is 9.89. The SMILES string of the molecule is CC[C@@H](NC(=O)[C@H](C)Oc1ccc(Br)cc1)c1ccc2c(c1)CCCC2. The van der Waals surface area contributed by atoms with Crippen molar-refractivity contribution in [3.63, 3.8) is 0 Å². The minimum Gasteiger partial charge on any atom is -0.481 e. The molecule has 0 aliphatic heterocycles. The Bertz CT molecular complexity index is 757. The van der Waals surface area contributed by atoms with Crippen molar-refractivity contribution >= 4 is 21.8 Å². The second-order valence-electron chi connectivity index (χ2n) is 6.92. The molecule has 2 atom stereocenters. The minimum absolute atomic E-state index is 0.0192. The van der Waals surface area contributed by atoms with Crippen LogP contribution in [0.15, 0.2) is 46.9 Å². The molecule has 0 saturated heterocycles. The van der Waals surface area contributed by atoms with Crippen LogP contribution in [0.4, 0.5) is 0 Å². The number of benzene rings is 2. The Labute approximate surface area is 164 Å². The van der Waals surface area contributed by atoms with Gasteiger partial charge in [-0.1, -0.05) is 41.1 Å². The van der Waals surface area contributed by atoms with E-state index in [1.165, 1.54) is 36.0 Å². The fourth-order valence-electron chi connectivity index (χ4n) is 3.45. The van der Waals surface area contributed by atoms with Gasteiger partial charge in [0.05, 0.1) is 6.04 Å². The smallest absolute Gasteiger partial charge is 0.261 e. The number of aryl methyl sites for hydroxylation is 2. The van der Waals surface area contributed by atoms with E-state index >= 15 is 0 Å². The van der Waals surface area contributed by atoms with Crippen molar-refractivity contribution in [3.05, 3.63) is 63.6 Å². The first-order valence-corrected chi connectivity index (χ1v) is 10.2. The van der Waals surface area contributed by atoms with E-state index in [1.807, 2.05) is 24.3 Å². The number of rotatable bonds is 6. The lowest BCUT2D eigenvalue weighted by molar-refractivity contribution is -0.128. The van der Waals surface area contributed by atoms with Gasteiger partial charge >= 0.3 is 0 Å². The second kappa shape index (κ2) is 8.72. The van der Waals surface area contributed by atoms with Gasteiger partial charge in [0, 0.05) is 4.47 Å². The van der Waals surface area contributed by atoms with Crippen molar-refractivity contribution in [2.45, 2.75) is 58.1 Å². The molecule has 0 unspecified atom stereocenters. The number of hydrogen-bond acceptors (Lipinski definition) is 2. The number of hydrogen-bond donors (Lipinski definition) is 1. The number of carbonyl (C=O) groups excluding carboxylic acids is 1. The van der Waals surface area contributed by atoms with Crippen molar-refractivity contribution in [2.75, 3.05) is 0 Å². The molecule has 2 aromatic carbocycles. The molecule has 0 spiro atoms. The zero-order chi connectivity index (χ0) is 18.5. The van der Waals surface area contributed by atoms with Gasteiger partial charge in [-0.2, -0.15) is 0 Å². The summed E-state index contributed by atoms with van der Waals surface area (Å²) in [6.07, 6.45) is 5.19. The van der Waals surface area contributed by atoms with Crippen molar-refractivity contribution in [3.8, 4) is 5.75 Å². The molecule has 1 aliphatic carbocycles. The lowest BCUT2D eigenvalue weighted by Gasteiger charge is -2.23. The predicted octanol–water partition coefficient (Wildman–Crippen LogP) is 5.36. The van der Waals surface area contributed by atoms with Gasteiger partial charge in [-0.05, 0) is 80.0 Å². The van der Waals surface area contributed by atoms with E-state index in [1.54, 1.807) is 6.92 Å². The Balaban J connectivity index is 1.65. The van der Waals surface area contributed by atoms with Crippen molar-refractivity contribution in [2.24, 2.45) is 0 Å². The van der Waals surface area contributed by atoms with Gasteiger partial charge in [0.15, 0.2) is 6.10 Å². The number of halogens is 1. The van der Waals surface area contributed by atoms with Crippen LogP contribution < -0.4 is 10.1 Å². The summed E-state index contributed by atoms with van der Waals surface area (Å²) in [6.45, 7) is 3.89. The van der Waals surface area contributed by atoms with Crippen LogP contribution in [-0.2, 0) is 17.6 Å². The average molecular weight is 416 g/mol. The summed E-state index contributed by atoms with van der Waals surface area (Å²) < 4.78 is 6.76. The summed E-state index contributed by atoms with van der Waals surface area (Å²) in [5, 5.41) is 3.15. The second-order valence-corrected chi connectivity index (χ2v) is 7.83. The highest BCUT2D eigenvalue weighted by Crippen LogP contribution is 2.26. The van der Waals surface area contributed by atoms with Crippen molar-refractivity contribution in [1.82, 2.24) is 5.32 Å². The van der Waals surface area contributed by atoms with E-state index in [4.69, 9.17) is 4.74 Å². The predicted molar refractivity (Wildman–Crippen MR) is 108 cm³/mol. The quantitative estimate of drug-likeness (QED) is 0.688. The first-order chi connectivity index (χ1) is 12.6. The zero-order valence-electron chi connectivity index (χ0n) is 15.4. The fourth-order valence-corrected chi connectivity index (χ4v) is 3.72. The molecule has 0 radical (unpaired) electrons. The van der Waals surface area contributed by atoms with Crippen LogP contribution in [-0.4, -0.2) is 12.0 Å². The van der Waals surface area contributed by atoms with E-state index in [9.17, 15) is 4.79 Å². The maximum absolute atomic E-state index is 12.6. The molecule has 1 N–H and O–H groups in total. The molecule has 3 rings (SSSR count). The topological polar surface area (TPSA) is 38.3 Å². The first kappa shape index (κ1) is 19.0. The number of carbonyl (C=O) groups is 1. The Hall–Kier alpha value is -1.81. The average Bonchev–Trinajstić information content (AvgIpc) is 2.67. The maximum Gasteiger partial charge on any atom is 0.261 e. The van der Waals surface area contributed by atoms with E-state index in [-0.39, 0.29) is 11.9 Å². The van der Waals surface area contributed by atoms with Gasteiger partial charge in [0.1, 0.15) is 5.75 Å². The summed E-state index contributed by atoms with van der Waals surface area (Å²) in [6, 6.07) is 14.2. The van der Waals surface area contributed by atoms with Crippen LogP contribution in [0.5, 0.6) is 5.75 Å². The van der Waals surface area contributed by atoms with E-state index in [2.05, 4.69) is 46.4 Å². The van der Waals surface area contributed by atoms with Crippen LogP contribution in [0.25, 0.3) is 0 Å². The largest absolute Gasteiger partial charge is 0.481 e. The number of nitrogens with one attached hydrogen (secondary N) is 1. The number of fused-ring (bicyclic) bond motifs is 1. The first-order valence-electron chi connectivity index (χ1n) is 9.41. The highest BCUT2D eigenvalue weighted by Gasteiger charge is 2.20. The van der Waals surface area contributed by atoms with Crippen LogP contribution in [0, 0.1) is 0 Å². The van der Waals surface area contributed by atoms with Gasteiger partial charge in [-0.15, -0.1) is 0 Å². The van der Waals surface area contributed by atoms with Gasteiger partial charge in [-0.3, -0.25) is 4.79 Å². The molecule has 0 fully saturated rings. The molecule has 4 heteroatoms. The Morgan fingerprint density at radius 3 is 2.50 bits per heavy atom. The maximum atomic E-state index is 12.6. The summed E-state index contributed by atoms with van der Waals surface area (Å²) >= 11 is 3.40. The molecular weight excluding hydrogens is 390 g/mol. The van der Waals surface area contributed by atoms with Crippen molar-refractivity contribution < 1.29 is 9.53 Å². The molecule has 3 nitrogen and oxygen atoms in total. The molecule has 0 heterocycles. The summed E-state index contributed by atoms with van der Waals surface area (Å²) in [5.41, 5.74) is 4.10. The van der Waals surface area contributed by atoms with Gasteiger partial charge in [0.25, 0.3) is 5.91 Å². The van der Waals surface area contributed by atoms with Gasteiger partial charge in [0.2, 0.25) is 0 Å². The minimum atomic E-state index is -0.539. The molecular formula is C22H26BrNO2. The number of ether oxygens (including phenoxy) is 1. The summed E-state index contributed by atoms with van der Waals surface area (Å²) in [5.74, 6) is 0.607.